The zero-order chi connectivity index (χ0) is 16.9. The second-order valence-corrected chi connectivity index (χ2v) is 5.09. The number of ether oxygens (including phenoxy) is 1. The van der Waals surface area contributed by atoms with E-state index in [0.717, 1.165) is 5.39 Å². The van der Waals surface area contributed by atoms with E-state index in [4.69, 9.17) is 9.15 Å². The number of anilines is 1. The quantitative estimate of drug-likeness (QED) is 0.756. The van der Waals surface area contributed by atoms with E-state index in [2.05, 4.69) is 10.6 Å². The minimum Gasteiger partial charge on any atom is -0.484 e. The normalized spacial score (nSPS) is 10.4. The highest BCUT2D eigenvalue weighted by Gasteiger charge is 2.13. The van der Waals surface area contributed by atoms with Gasteiger partial charge >= 0.3 is 0 Å². The Bertz CT molecular complexity index is 885. The fourth-order valence-electron chi connectivity index (χ4n) is 2.24. The number of hydrogen-bond acceptors (Lipinski definition) is 4. The number of likely N-dealkylation sites (N-methyl/N-ethyl adjacent to an activating group) is 1. The predicted octanol–water partition coefficient (Wildman–Crippen LogP) is 2.81. The highest BCUT2D eigenvalue weighted by atomic mass is 16.5. The average Bonchev–Trinajstić information content (AvgIpc) is 3.04. The second-order valence-electron chi connectivity index (χ2n) is 5.09. The molecule has 0 fully saturated rings. The number of amides is 2. The summed E-state index contributed by atoms with van der Waals surface area (Å²) in [5, 5.41) is 6.02. The molecule has 122 valence electrons. The molecule has 0 bridgehead atoms. The molecule has 0 aliphatic heterocycles. The van der Waals surface area contributed by atoms with Crippen LogP contribution in [0.15, 0.2) is 59.2 Å². The largest absolute Gasteiger partial charge is 0.484 e. The number of benzene rings is 2. The van der Waals surface area contributed by atoms with Crippen LogP contribution in [0, 0.1) is 0 Å². The number of fused-ring (bicyclic) bond motifs is 1. The van der Waals surface area contributed by atoms with Crippen molar-refractivity contribution in [3.8, 4) is 5.75 Å². The molecule has 0 atom stereocenters. The summed E-state index contributed by atoms with van der Waals surface area (Å²) in [5.41, 5.74) is 1.69. The number of nitrogens with one attached hydrogen (secondary N) is 2. The molecule has 2 aromatic carbocycles. The van der Waals surface area contributed by atoms with E-state index < -0.39 is 0 Å². The Morgan fingerprint density at radius 2 is 1.96 bits per heavy atom. The van der Waals surface area contributed by atoms with Gasteiger partial charge in [-0.1, -0.05) is 24.3 Å². The highest BCUT2D eigenvalue weighted by Crippen LogP contribution is 2.23. The molecule has 6 nitrogen and oxygen atoms in total. The van der Waals surface area contributed by atoms with Crippen LogP contribution in [0.25, 0.3) is 11.0 Å². The third kappa shape index (κ3) is 3.38. The van der Waals surface area contributed by atoms with E-state index in [1.807, 2.05) is 18.2 Å². The van der Waals surface area contributed by atoms with Crippen molar-refractivity contribution in [1.82, 2.24) is 5.32 Å². The maximum atomic E-state index is 12.4. The van der Waals surface area contributed by atoms with Crippen LogP contribution in [0.1, 0.15) is 10.4 Å². The van der Waals surface area contributed by atoms with Crippen molar-refractivity contribution < 1.29 is 18.7 Å². The molecule has 2 amide bonds. The number of rotatable bonds is 5. The van der Waals surface area contributed by atoms with Crippen LogP contribution in [0.2, 0.25) is 0 Å². The van der Waals surface area contributed by atoms with Gasteiger partial charge in [0.2, 0.25) is 0 Å². The fraction of sp³-hybridized carbons (Fsp3) is 0.111. The summed E-state index contributed by atoms with van der Waals surface area (Å²) >= 11 is 0. The average molecular weight is 324 g/mol. The van der Waals surface area contributed by atoms with Crippen LogP contribution >= 0.6 is 0 Å². The van der Waals surface area contributed by atoms with Crippen molar-refractivity contribution >= 4 is 28.5 Å². The first-order valence-corrected chi connectivity index (χ1v) is 7.38. The van der Waals surface area contributed by atoms with Gasteiger partial charge in [-0.05, 0) is 18.2 Å². The second kappa shape index (κ2) is 6.87. The van der Waals surface area contributed by atoms with Crippen LogP contribution in [-0.4, -0.2) is 25.5 Å². The van der Waals surface area contributed by atoms with Crippen molar-refractivity contribution in [2.45, 2.75) is 0 Å². The predicted molar refractivity (Wildman–Crippen MR) is 90.2 cm³/mol. The molecule has 0 unspecified atom stereocenters. The third-order valence-electron chi connectivity index (χ3n) is 3.47. The van der Waals surface area contributed by atoms with Gasteiger partial charge < -0.3 is 19.8 Å². The van der Waals surface area contributed by atoms with Crippen LogP contribution in [0.5, 0.6) is 5.75 Å². The van der Waals surface area contributed by atoms with Crippen molar-refractivity contribution in [1.29, 1.82) is 0 Å². The highest BCUT2D eigenvalue weighted by molar-refractivity contribution is 6.12. The number of para-hydroxylation sites is 1. The summed E-state index contributed by atoms with van der Waals surface area (Å²) in [7, 11) is 1.54. The first-order valence-electron chi connectivity index (χ1n) is 7.38. The lowest BCUT2D eigenvalue weighted by Gasteiger charge is -2.08. The van der Waals surface area contributed by atoms with Gasteiger partial charge in [0.1, 0.15) is 17.6 Å². The zero-order valence-electron chi connectivity index (χ0n) is 13.0. The lowest BCUT2D eigenvalue weighted by atomic mass is 10.1. The van der Waals surface area contributed by atoms with Gasteiger partial charge in [-0.15, -0.1) is 0 Å². The van der Waals surface area contributed by atoms with Gasteiger partial charge in [-0.25, -0.2) is 0 Å². The molecule has 0 aliphatic carbocycles. The van der Waals surface area contributed by atoms with E-state index in [0.29, 0.717) is 22.6 Å². The molecule has 0 radical (unpaired) electrons. The lowest BCUT2D eigenvalue weighted by molar-refractivity contribution is -0.122. The van der Waals surface area contributed by atoms with Crippen molar-refractivity contribution in [2.75, 3.05) is 19.0 Å². The Morgan fingerprint density at radius 1 is 1.12 bits per heavy atom. The van der Waals surface area contributed by atoms with Crippen LogP contribution < -0.4 is 15.4 Å². The van der Waals surface area contributed by atoms with E-state index in [1.54, 1.807) is 30.3 Å². The van der Waals surface area contributed by atoms with Crippen molar-refractivity contribution in [3.63, 3.8) is 0 Å². The summed E-state index contributed by atoms with van der Waals surface area (Å²) < 4.78 is 10.7. The van der Waals surface area contributed by atoms with E-state index in [9.17, 15) is 9.59 Å². The summed E-state index contributed by atoms with van der Waals surface area (Å²) in [4.78, 5) is 23.6. The molecule has 6 heteroatoms. The van der Waals surface area contributed by atoms with Crippen LogP contribution in [-0.2, 0) is 4.79 Å². The van der Waals surface area contributed by atoms with E-state index in [-0.39, 0.29) is 18.4 Å². The Balaban J connectivity index is 1.73. The summed E-state index contributed by atoms with van der Waals surface area (Å²) in [6.07, 6.45) is 1.44. The van der Waals surface area contributed by atoms with Gasteiger partial charge in [0, 0.05) is 24.2 Å². The molecule has 1 heterocycles. The van der Waals surface area contributed by atoms with E-state index in [1.165, 1.54) is 13.3 Å². The minimum absolute atomic E-state index is 0.0831. The third-order valence-corrected chi connectivity index (χ3v) is 3.47. The Labute approximate surface area is 138 Å². The maximum absolute atomic E-state index is 12.4. The van der Waals surface area contributed by atoms with Crippen molar-refractivity contribution in [3.05, 3.63) is 60.4 Å². The molecular weight excluding hydrogens is 308 g/mol. The summed E-state index contributed by atoms with van der Waals surface area (Å²) in [6.45, 7) is -0.0831. The maximum Gasteiger partial charge on any atom is 0.259 e. The lowest BCUT2D eigenvalue weighted by Crippen LogP contribution is -2.24. The number of furan rings is 1. The number of carbonyl (C=O) groups excluding carboxylic acids is 2. The number of carbonyl (C=O) groups is 2. The number of hydrogen-bond donors (Lipinski definition) is 2. The zero-order valence-corrected chi connectivity index (χ0v) is 13.0. The first-order chi connectivity index (χ1) is 11.7. The SMILES string of the molecule is CNC(=O)COc1cccc(NC(=O)c2coc3ccccc23)c1. The molecule has 0 aliphatic rings. The van der Waals surface area contributed by atoms with Crippen molar-refractivity contribution in [2.24, 2.45) is 0 Å². The van der Waals surface area contributed by atoms with Gasteiger partial charge in [0.05, 0.1) is 5.56 Å². The molecule has 0 saturated heterocycles. The minimum atomic E-state index is -0.275. The molecular formula is C18H16N2O4. The Hall–Kier alpha value is -3.28. The molecule has 24 heavy (non-hydrogen) atoms. The fourth-order valence-corrected chi connectivity index (χ4v) is 2.24. The molecule has 3 rings (SSSR count). The van der Waals surface area contributed by atoms with E-state index >= 15 is 0 Å². The van der Waals surface area contributed by atoms with Crippen LogP contribution in [0.4, 0.5) is 5.69 Å². The standard InChI is InChI=1S/C18H16N2O4/c1-19-17(21)11-23-13-6-4-5-12(9-13)20-18(22)15-10-24-16-8-3-2-7-14(15)16/h2-10H,11H2,1H3,(H,19,21)(H,20,22). The van der Waals surface area contributed by atoms with Gasteiger partial charge in [0.25, 0.3) is 11.8 Å². The first kappa shape index (κ1) is 15.6. The Kier molecular flexibility index (Phi) is 4.47. The topological polar surface area (TPSA) is 80.6 Å². The van der Waals surface area contributed by atoms with Crippen LogP contribution in [0.3, 0.4) is 0 Å². The summed E-state index contributed by atoms with van der Waals surface area (Å²) in [5.74, 6) is -0.00819. The molecule has 1 aromatic heterocycles. The summed E-state index contributed by atoms with van der Waals surface area (Å²) in [6, 6.07) is 14.2. The monoisotopic (exact) mass is 324 g/mol. The van der Waals surface area contributed by atoms with Gasteiger partial charge in [0.15, 0.2) is 6.61 Å². The smallest absolute Gasteiger partial charge is 0.259 e. The Morgan fingerprint density at radius 3 is 2.79 bits per heavy atom. The molecule has 3 aromatic rings. The molecule has 2 N–H and O–H groups in total. The van der Waals surface area contributed by atoms with Gasteiger partial charge in [-0.3, -0.25) is 9.59 Å². The molecule has 0 spiro atoms. The molecule has 0 saturated carbocycles. The van der Waals surface area contributed by atoms with Gasteiger partial charge in [-0.2, -0.15) is 0 Å².